The molecule has 1 atom stereocenters. The molecule has 2 rings (SSSR count). The number of aliphatic hydroxyl groups is 1. The Morgan fingerprint density at radius 3 is 2.40 bits per heavy atom. The summed E-state index contributed by atoms with van der Waals surface area (Å²) >= 11 is 0. The lowest BCUT2D eigenvalue weighted by molar-refractivity contribution is 0.209. The van der Waals surface area contributed by atoms with Gasteiger partial charge in [-0.05, 0) is 30.2 Å². The van der Waals surface area contributed by atoms with Gasteiger partial charge in [0.25, 0.3) is 0 Å². The van der Waals surface area contributed by atoms with E-state index < -0.39 is 6.10 Å². The van der Waals surface area contributed by atoms with E-state index in [4.69, 9.17) is 15.6 Å². The van der Waals surface area contributed by atoms with Crippen molar-refractivity contribution in [2.24, 2.45) is 5.73 Å². The van der Waals surface area contributed by atoms with Crippen LogP contribution < -0.4 is 10.5 Å². The predicted octanol–water partition coefficient (Wildman–Crippen LogP) is 2.44. The molecule has 3 N–H and O–H groups in total. The van der Waals surface area contributed by atoms with Crippen LogP contribution in [0.3, 0.4) is 0 Å². The minimum absolute atomic E-state index is 0.112. The third kappa shape index (κ3) is 3.56. The van der Waals surface area contributed by atoms with Crippen LogP contribution in [0.15, 0.2) is 48.5 Å². The number of nitrogens with two attached hydrogens (primary N) is 1. The van der Waals surface area contributed by atoms with Gasteiger partial charge in [0.1, 0.15) is 17.7 Å². The molecular weight excluding hydrogens is 257 g/mol. The van der Waals surface area contributed by atoms with Gasteiger partial charge in [-0.3, -0.25) is 0 Å². The lowest BCUT2D eigenvalue weighted by atomic mass is 10.1. The average molecular weight is 275 g/mol. The van der Waals surface area contributed by atoms with Crippen molar-refractivity contribution in [3.63, 3.8) is 0 Å². The summed E-state index contributed by atoms with van der Waals surface area (Å²) in [6.07, 6.45) is 0.0911. The van der Waals surface area contributed by atoms with Crippen LogP contribution in [0.4, 0.5) is 4.39 Å². The molecule has 0 saturated carbocycles. The molecule has 1 unspecified atom stereocenters. The summed E-state index contributed by atoms with van der Waals surface area (Å²) in [4.78, 5) is 0. The maximum Gasteiger partial charge on any atom is 0.139 e. The first-order valence-electron chi connectivity index (χ1n) is 6.55. The normalized spacial score (nSPS) is 12.2. The van der Waals surface area contributed by atoms with Gasteiger partial charge in [-0.25, -0.2) is 4.39 Å². The van der Waals surface area contributed by atoms with Crippen molar-refractivity contribution in [2.75, 3.05) is 13.2 Å². The van der Waals surface area contributed by atoms with Gasteiger partial charge in [0, 0.05) is 18.7 Å². The summed E-state index contributed by atoms with van der Waals surface area (Å²) in [7, 11) is 0. The van der Waals surface area contributed by atoms with Crippen molar-refractivity contribution in [2.45, 2.75) is 12.5 Å². The Morgan fingerprint density at radius 1 is 1.10 bits per heavy atom. The molecule has 2 aromatic carbocycles. The number of hydrogen-bond donors (Lipinski definition) is 2. The van der Waals surface area contributed by atoms with Gasteiger partial charge in [-0.2, -0.15) is 0 Å². The zero-order valence-electron chi connectivity index (χ0n) is 11.1. The largest absolute Gasteiger partial charge is 0.484 e. The zero-order chi connectivity index (χ0) is 14.4. The Hall–Kier alpha value is -1.91. The van der Waals surface area contributed by atoms with Gasteiger partial charge in [0.15, 0.2) is 0 Å². The molecule has 20 heavy (non-hydrogen) atoms. The maximum atomic E-state index is 13.7. The SMILES string of the molecule is NCC(Oc1ccc(CCO)cc1)c1ccccc1F. The van der Waals surface area contributed by atoms with Crippen LogP contribution in [0.1, 0.15) is 17.2 Å². The molecule has 0 saturated heterocycles. The predicted molar refractivity (Wildman–Crippen MR) is 76.1 cm³/mol. The van der Waals surface area contributed by atoms with E-state index in [-0.39, 0.29) is 19.0 Å². The first kappa shape index (κ1) is 14.5. The van der Waals surface area contributed by atoms with Gasteiger partial charge in [0.05, 0.1) is 0 Å². The smallest absolute Gasteiger partial charge is 0.139 e. The van der Waals surface area contributed by atoms with E-state index in [0.29, 0.717) is 17.7 Å². The van der Waals surface area contributed by atoms with Crippen molar-refractivity contribution in [3.05, 3.63) is 65.5 Å². The zero-order valence-corrected chi connectivity index (χ0v) is 11.1. The highest BCUT2D eigenvalue weighted by molar-refractivity contribution is 5.29. The van der Waals surface area contributed by atoms with Crippen molar-refractivity contribution >= 4 is 0 Å². The van der Waals surface area contributed by atoms with E-state index >= 15 is 0 Å². The molecule has 0 aliphatic carbocycles. The molecule has 0 amide bonds. The van der Waals surface area contributed by atoms with Gasteiger partial charge in [0.2, 0.25) is 0 Å². The highest BCUT2D eigenvalue weighted by atomic mass is 19.1. The maximum absolute atomic E-state index is 13.7. The molecule has 0 heterocycles. The molecule has 0 aliphatic rings. The Kier molecular flexibility index (Phi) is 5.09. The summed E-state index contributed by atoms with van der Waals surface area (Å²) in [6, 6.07) is 13.8. The second kappa shape index (κ2) is 7.03. The minimum atomic E-state index is -0.514. The molecular formula is C16H18FNO2. The van der Waals surface area contributed by atoms with E-state index in [0.717, 1.165) is 5.56 Å². The first-order chi connectivity index (χ1) is 9.74. The lowest BCUT2D eigenvalue weighted by Crippen LogP contribution is -2.19. The van der Waals surface area contributed by atoms with Crippen LogP contribution in [0.25, 0.3) is 0 Å². The second-order valence-corrected chi connectivity index (χ2v) is 4.48. The van der Waals surface area contributed by atoms with Crippen LogP contribution in [-0.4, -0.2) is 18.3 Å². The lowest BCUT2D eigenvalue weighted by Gasteiger charge is -2.18. The summed E-state index contributed by atoms with van der Waals surface area (Å²) in [6.45, 7) is 0.306. The van der Waals surface area contributed by atoms with Crippen molar-refractivity contribution in [3.8, 4) is 5.75 Å². The summed E-state index contributed by atoms with van der Waals surface area (Å²) in [5.74, 6) is 0.310. The Bertz CT molecular complexity index is 542. The summed E-state index contributed by atoms with van der Waals surface area (Å²) < 4.78 is 19.5. The van der Waals surface area contributed by atoms with E-state index in [1.165, 1.54) is 6.07 Å². The summed E-state index contributed by atoms with van der Waals surface area (Å²) in [5.41, 5.74) is 7.15. The molecule has 3 nitrogen and oxygen atoms in total. The third-order valence-corrected chi connectivity index (χ3v) is 3.07. The highest BCUT2D eigenvalue weighted by Crippen LogP contribution is 2.23. The van der Waals surface area contributed by atoms with E-state index in [1.807, 2.05) is 12.1 Å². The molecule has 2 aromatic rings. The van der Waals surface area contributed by atoms with Crippen molar-refractivity contribution in [1.82, 2.24) is 0 Å². The number of hydrogen-bond acceptors (Lipinski definition) is 3. The highest BCUT2D eigenvalue weighted by Gasteiger charge is 2.15. The molecule has 0 aromatic heterocycles. The fourth-order valence-corrected chi connectivity index (χ4v) is 2.00. The molecule has 106 valence electrons. The van der Waals surface area contributed by atoms with Gasteiger partial charge >= 0.3 is 0 Å². The number of rotatable bonds is 6. The number of benzene rings is 2. The van der Waals surface area contributed by atoms with Crippen LogP contribution in [0.2, 0.25) is 0 Å². The number of ether oxygens (including phenoxy) is 1. The van der Waals surface area contributed by atoms with Crippen LogP contribution in [0.5, 0.6) is 5.75 Å². The van der Waals surface area contributed by atoms with Crippen LogP contribution in [-0.2, 0) is 6.42 Å². The fourth-order valence-electron chi connectivity index (χ4n) is 2.00. The third-order valence-electron chi connectivity index (χ3n) is 3.07. The van der Waals surface area contributed by atoms with Gasteiger partial charge in [-0.1, -0.05) is 30.3 Å². The molecule has 0 bridgehead atoms. The standard InChI is InChI=1S/C16H18FNO2/c17-15-4-2-1-3-14(15)16(11-18)20-13-7-5-12(6-8-13)9-10-19/h1-8,16,19H,9-11,18H2. The van der Waals surface area contributed by atoms with Gasteiger partial charge < -0.3 is 15.6 Å². The number of aliphatic hydroxyl groups excluding tert-OH is 1. The van der Waals surface area contributed by atoms with Crippen LogP contribution in [0, 0.1) is 5.82 Å². The summed E-state index contributed by atoms with van der Waals surface area (Å²) in [5, 5.41) is 8.86. The first-order valence-corrected chi connectivity index (χ1v) is 6.55. The molecule has 4 heteroatoms. The monoisotopic (exact) mass is 275 g/mol. The minimum Gasteiger partial charge on any atom is -0.484 e. The van der Waals surface area contributed by atoms with Crippen LogP contribution >= 0.6 is 0 Å². The van der Waals surface area contributed by atoms with E-state index in [2.05, 4.69) is 0 Å². The van der Waals surface area contributed by atoms with Gasteiger partial charge in [-0.15, -0.1) is 0 Å². The molecule has 0 aliphatic heterocycles. The second-order valence-electron chi connectivity index (χ2n) is 4.48. The fraction of sp³-hybridized carbons (Fsp3) is 0.250. The van der Waals surface area contributed by atoms with Crippen molar-refractivity contribution in [1.29, 1.82) is 0 Å². The average Bonchev–Trinajstić information content (AvgIpc) is 2.48. The molecule has 0 spiro atoms. The molecule has 0 fully saturated rings. The quantitative estimate of drug-likeness (QED) is 0.851. The Labute approximate surface area is 117 Å². The van der Waals surface area contributed by atoms with E-state index in [1.54, 1.807) is 30.3 Å². The topological polar surface area (TPSA) is 55.5 Å². The Balaban J connectivity index is 2.12. The van der Waals surface area contributed by atoms with E-state index in [9.17, 15) is 4.39 Å². The Morgan fingerprint density at radius 2 is 1.80 bits per heavy atom. The molecule has 0 radical (unpaired) electrons. The van der Waals surface area contributed by atoms with Crippen molar-refractivity contribution < 1.29 is 14.2 Å². The number of halogens is 1.